The minimum Gasteiger partial charge on any atom is -0.376 e. The summed E-state index contributed by atoms with van der Waals surface area (Å²) in [5, 5.41) is 0.145. The summed E-state index contributed by atoms with van der Waals surface area (Å²) in [4.78, 5) is 12.4. The van der Waals surface area contributed by atoms with Crippen LogP contribution in [-0.2, 0) is 4.79 Å². The van der Waals surface area contributed by atoms with Gasteiger partial charge < -0.3 is 5.73 Å². The zero-order chi connectivity index (χ0) is 8.85. The minimum absolute atomic E-state index is 0.000602. The Balaban J connectivity index is 3.74. The van der Waals surface area contributed by atoms with Crippen LogP contribution in [0.3, 0.4) is 0 Å². The average Bonchev–Trinajstić information content (AvgIpc) is 1.98. The normalized spacial score (nSPS) is 9.27. The molecule has 0 aromatic heterocycles. The molecule has 0 aromatic rings. The van der Waals surface area contributed by atoms with Crippen LogP contribution in [0, 0.1) is 0 Å². The Morgan fingerprint density at radius 2 is 2.18 bits per heavy atom. The summed E-state index contributed by atoms with van der Waals surface area (Å²) in [7, 11) is 1.60. The SMILES string of the molecule is CCCCC(=O)N(C)C(N)=S. The van der Waals surface area contributed by atoms with Crippen LogP contribution in [0.25, 0.3) is 0 Å². The second kappa shape index (κ2) is 5.07. The van der Waals surface area contributed by atoms with Crippen molar-refractivity contribution in [3.8, 4) is 0 Å². The van der Waals surface area contributed by atoms with E-state index < -0.39 is 0 Å². The molecule has 64 valence electrons. The second-order valence-electron chi connectivity index (χ2n) is 2.39. The van der Waals surface area contributed by atoms with E-state index in [1.165, 1.54) is 4.90 Å². The molecule has 3 nitrogen and oxygen atoms in total. The molecule has 4 heteroatoms. The lowest BCUT2D eigenvalue weighted by Gasteiger charge is -2.13. The molecule has 0 bridgehead atoms. The number of rotatable bonds is 3. The van der Waals surface area contributed by atoms with Crippen LogP contribution in [0.5, 0.6) is 0 Å². The first-order chi connectivity index (χ1) is 5.09. The van der Waals surface area contributed by atoms with Gasteiger partial charge in [-0.25, -0.2) is 0 Å². The number of hydrogen-bond donors (Lipinski definition) is 1. The van der Waals surface area contributed by atoms with Crippen LogP contribution >= 0.6 is 12.2 Å². The molecular weight excluding hydrogens is 160 g/mol. The van der Waals surface area contributed by atoms with Crippen molar-refractivity contribution in [2.75, 3.05) is 7.05 Å². The third-order valence-corrected chi connectivity index (χ3v) is 1.72. The van der Waals surface area contributed by atoms with Gasteiger partial charge in [0.2, 0.25) is 5.91 Å². The molecule has 0 aromatic carbocycles. The van der Waals surface area contributed by atoms with E-state index in [4.69, 9.17) is 5.73 Å². The molecule has 0 aliphatic carbocycles. The highest BCUT2D eigenvalue weighted by atomic mass is 32.1. The van der Waals surface area contributed by atoms with E-state index in [1.807, 2.05) is 6.92 Å². The first-order valence-electron chi connectivity index (χ1n) is 3.65. The fourth-order valence-corrected chi connectivity index (χ4v) is 0.720. The van der Waals surface area contributed by atoms with Crippen LogP contribution in [0.1, 0.15) is 26.2 Å². The maximum absolute atomic E-state index is 11.1. The fourth-order valence-electron chi connectivity index (χ4n) is 0.619. The van der Waals surface area contributed by atoms with E-state index in [2.05, 4.69) is 12.2 Å². The monoisotopic (exact) mass is 174 g/mol. The molecule has 0 saturated carbocycles. The molecule has 0 aliphatic rings. The van der Waals surface area contributed by atoms with Gasteiger partial charge >= 0.3 is 0 Å². The molecule has 0 spiro atoms. The topological polar surface area (TPSA) is 46.3 Å². The zero-order valence-electron chi connectivity index (χ0n) is 6.96. The van der Waals surface area contributed by atoms with Crippen LogP contribution in [0.4, 0.5) is 0 Å². The molecule has 1 amide bonds. The van der Waals surface area contributed by atoms with Crippen LogP contribution in [-0.4, -0.2) is 23.0 Å². The van der Waals surface area contributed by atoms with E-state index >= 15 is 0 Å². The highest BCUT2D eigenvalue weighted by Gasteiger charge is 2.08. The van der Waals surface area contributed by atoms with Crippen molar-refractivity contribution in [2.24, 2.45) is 5.73 Å². The molecule has 0 heterocycles. The number of unbranched alkanes of at least 4 members (excludes halogenated alkanes) is 1. The van der Waals surface area contributed by atoms with Gasteiger partial charge in [0.1, 0.15) is 0 Å². The summed E-state index contributed by atoms with van der Waals surface area (Å²) in [6.45, 7) is 2.04. The maximum atomic E-state index is 11.1. The van der Waals surface area contributed by atoms with Crippen LogP contribution in [0.15, 0.2) is 0 Å². The van der Waals surface area contributed by atoms with E-state index in [0.29, 0.717) is 6.42 Å². The largest absolute Gasteiger partial charge is 0.376 e. The highest BCUT2D eigenvalue weighted by Crippen LogP contribution is 1.97. The number of nitrogens with two attached hydrogens (primary N) is 1. The second-order valence-corrected chi connectivity index (χ2v) is 2.81. The number of carbonyl (C=O) groups excluding carboxylic acids is 1. The van der Waals surface area contributed by atoms with Crippen molar-refractivity contribution >= 4 is 23.2 Å². The van der Waals surface area contributed by atoms with E-state index in [0.717, 1.165) is 12.8 Å². The highest BCUT2D eigenvalue weighted by molar-refractivity contribution is 7.80. The first-order valence-corrected chi connectivity index (χ1v) is 4.06. The third-order valence-electron chi connectivity index (χ3n) is 1.45. The molecule has 0 atom stereocenters. The standard InChI is InChI=1S/C7H14N2OS/c1-3-4-5-6(10)9(2)7(8)11/h3-5H2,1-2H3,(H2,8,11). The average molecular weight is 174 g/mol. The summed E-state index contributed by atoms with van der Waals surface area (Å²) in [5.74, 6) is -0.000602. The zero-order valence-corrected chi connectivity index (χ0v) is 7.78. The molecule has 11 heavy (non-hydrogen) atoms. The summed E-state index contributed by atoms with van der Waals surface area (Å²) < 4.78 is 0. The number of nitrogens with zero attached hydrogens (tertiary/aromatic N) is 1. The van der Waals surface area contributed by atoms with Crippen molar-refractivity contribution in [1.82, 2.24) is 4.90 Å². The van der Waals surface area contributed by atoms with E-state index in [9.17, 15) is 4.79 Å². The van der Waals surface area contributed by atoms with Crippen molar-refractivity contribution in [1.29, 1.82) is 0 Å². The van der Waals surface area contributed by atoms with Crippen molar-refractivity contribution in [2.45, 2.75) is 26.2 Å². The number of amides is 1. The molecule has 0 fully saturated rings. The Bertz CT molecular complexity index is 159. The van der Waals surface area contributed by atoms with Gasteiger partial charge in [-0.05, 0) is 18.6 Å². The van der Waals surface area contributed by atoms with Crippen molar-refractivity contribution in [3.05, 3.63) is 0 Å². The summed E-state index contributed by atoms with van der Waals surface area (Å²) in [6.07, 6.45) is 2.44. The summed E-state index contributed by atoms with van der Waals surface area (Å²) in [5.41, 5.74) is 5.25. The number of thiocarbonyl (C=S) groups is 1. The van der Waals surface area contributed by atoms with Gasteiger partial charge in [0, 0.05) is 13.5 Å². The molecule has 0 radical (unpaired) electrons. The van der Waals surface area contributed by atoms with Crippen LogP contribution < -0.4 is 5.73 Å². The molecule has 0 saturated heterocycles. The van der Waals surface area contributed by atoms with Gasteiger partial charge in [-0.3, -0.25) is 9.69 Å². The van der Waals surface area contributed by atoms with Crippen molar-refractivity contribution in [3.63, 3.8) is 0 Å². The Morgan fingerprint density at radius 1 is 1.64 bits per heavy atom. The Morgan fingerprint density at radius 3 is 2.55 bits per heavy atom. The predicted molar refractivity (Wildman–Crippen MR) is 49.1 cm³/mol. The number of hydrogen-bond acceptors (Lipinski definition) is 2. The Kier molecular flexibility index (Phi) is 4.77. The molecule has 0 aliphatic heterocycles. The van der Waals surface area contributed by atoms with E-state index in [1.54, 1.807) is 7.05 Å². The van der Waals surface area contributed by atoms with Gasteiger partial charge in [0.25, 0.3) is 0 Å². The van der Waals surface area contributed by atoms with Gasteiger partial charge in [0.15, 0.2) is 5.11 Å². The van der Waals surface area contributed by atoms with E-state index in [-0.39, 0.29) is 11.0 Å². The van der Waals surface area contributed by atoms with Gasteiger partial charge in [-0.15, -0.1) is 0 Å². The quantitative estimate of drug-likeness (QED) is 0.646. The molecule has 0 unspecified atom stereocenters. The van der Waals surface area contributed by atoms with Gasteiger partial charge in [-0.2, -0.15) is 0 Å². The molecule has 2 N–H and O–H groups in total. The van der Waals surface area contributed by atoms with Crippen LogP contribution in [0.2, 0.25) is 0 Å². The lowest BCUT2D eigenvalue weighted by molar-refractivity contribution is -0.126. The Labute approximate surface area is 72.5 Å². The molecular formula is C7H14N2OS. The molecule has 0 rings (SSSR count). The lowest BCUT2D eigenvalue weighted by Crippen LogP contribution is -2.36. The van der Waals surface area contributed by atoms with Gasteiger partial charge in [-0.1, -0.05) is 13.3 Å². The van der Waals surface area contributed by atoms with Crippen molar-refractivity contribution < 1.29 is 4.79 Å². The fraction of sp³-hybridized carbons (Fsp3) is 0.714. The summed E-state index contributed by atoms with van der Waals surface area (Å²) in [6, 6.07) is 0. The lowest BCUT2D eigenvalue weighted by atomic mass is 10.2. The number of carbonyl (C=O) groups is 1. The minimum atomic E-state index is -0.000602. The smallest absolute Gasteiger partial charge is 0.228 e. The Hall–Kier alpha value is -0.640. The summed E-state index contributed by atoms with van der Waals surface area (Å²) >= 11 is 4.63. The van der Waals surface area contributed by atoms with Gasteiger partial charge in [0.05, 0.1) is 0 Å². The third kappa shape index (κ3) is 3.93. The maximum Gasteiger partial charge on any atom is 0.228 e. The predicted octanol–water partition coefficient (Wildman–Crippen LogP) is 0.879. The first kappa shape index (κ1) is 10.4.